The lowest BCUT2D eigenvalue weighted by Crippen LogP contribution is -2.47. The van der Waals surface area contributed by atoms with Crippen molar-refractivity contribution in [1.29, 1.82) is 0 Å². The second-order valence-electron chi connectivity index (χ2n) is 3.55. The van der Waals surface area contributed by atoms with Crippen molar-refractivity contribution in [2.24, 2.45) is 0 Å². The molecule has 0 saturated carbocycles. The van der Waals surface area contributed by atoms with Crippen molar-refractivity contribution < 1.29 is 14.3 Å². The zero-order valence-electron chi connectivity index (χ0n) is 8.45. The summed E-state index contributed by atoms with van der Waals surface area (Å²) in [4.78, 5) is 13.2. The van der Waals surface area contributed by atoms with Crippen LogP contribution in [-0.4, -0.2) is 42.9 Å². The van der Waals surface area contributed by atoms with E-state index in [9.17, 15) is 4.79 Å². The maximum absolute atomic E-state index is 11.5. The molecule has 0 spiro atoms. The van der Waals surface area contributed by atoms with Gasteiger partial charge < -0.3 is 14.4 Å². The molecule has 0 radical (unpaired) electrons. The van der Waals surface area contributed by atoms with Crippen LogP contribution in [0.2, 0.25) is 0 Å². The van der Waals surface area contributed by atoms with Gasteiger partial charge in [-0.1, -0.05) is 0 Å². The molecule has 1 rings (SSSR count). The number of amides is 1. The van der Waals surface area contributed by atoms with E-state index in [0.717, 1.165) is 0 Å². The molecule has 0 aromatic rings. The van der Waals surface area contributed by atoms with Gasteiger partial charge in [-0.3, -0.25) is 0 Å². The molecule has 1 heterocycles. The smallest absolute Gasteiger partial charge is 0.410 e. The van der Waals surface area contributed by atoms with Crippen molar-refractivity contribution in [3.8, 4) is 0 Å². The zero-order valence-corrected chi connectivity index (χ0v) is 8.45. The van der Waals surface area contributed by atoms with Gasteiger partial charge in [0.15, 0.2) is 0 Å². The van der Waals surface area contributed by atoms with Crippen molar-refractivity contribution in [2.75, 3.05) is 19.8 Å². The molecule has 0 aromatic carbocycles. The first kappa shape index (κ1) is 10.3. The lowest BCUT2D eigenvalue weighted by Gasteiger charge is -2.32. The Morgan fingerprint density at radius 3 is 2.85 bits per heavy atom. The third-order valence-electron chi connectivity index (χ3n) is 1.94. The number of morpholine rings is 1. The van der Waals surface area contributed by atoms with Crippen LogP contribution in [0.25, 0.3) is 0 Å². The summed E-state index contributed by atoms with van der Waals surface area (Å²) in [7, 11) is 0. The predicted molar refractivity (Wildman–Crippen MR) is 48.6 cm³/mol. The lowest BCUT2D eigenvalue weighted by atomic mass is 10.3. The van der Waals surface area contributed by atoms with E-state index in [1.54, 1.807) is 4.90 Å². The summed E-state index contributed by atoms with van der Waals surface area (Å²) in [5.41, 5.74) is 0. The van der Waals surface area contributed by atoms with E-state index >= 15 is 0 Å². The monoisotopic (exact) mass is 187 g/mol. The highest BCUT2D eigenvalue weighted by Gasteiger charge is 2.25. The average molecular weight is 187 g/mol. The third kappa shape index (κ3) is 2.88. The lowest BCUT2D eigenvalue weighted by molar-refractivity contribution is -0.00976. The number of carbonyl (C=O) groups is 1. The van der Waals surface area contributed by atoms with Crippen LogP contribution in [0.4, 0.5) is 4.79 Å². The van der Waals surface area contributed by atoms with E-state index in [2.05, 4.69) is 0 Å². The highest BCUT2D eigenvalue weighted by atomic mass is 16.6. The van der Waals surface area contributed by atoms with E-state index in [0.29, 0.717) is 19.8 Å². The van der Waals surface area contributed by atoms with Crippen molar-refractivity contribution >= 4 is 6.09 Å². The van der Waals surface area contributed by atoms with Gasteiger partial charge in [-0.05, 0) is 20.8 Å². The maximum atomic E-state index is 11.5. The standard InChI is InChI=1S/C9H17NO3/c1-7(2)13-9(11)10-4-5-12-6-8(10)3/h7-8H,4-6H2,1-3H3. The second kappa shape index (κ2) is 4.46. The molecule has 4 nitrogen and oxygen atoms in total. The van der Waals surface area contributed by atoms with Gasteiger partial charge in [0.1, 0.15) is 0 Å². The fourth-order valence-corrected chi connectivity index (χ4v) is 1.27. The number of rotatable bonds is 1. The van der Waals surface area contributed by atoms with Gasteiger partial charge in [0.05, 0.1) is 25.4 Å². The van der Waals surface area contributed by atoms with Crippen LogP contribution in [0, 0.1) is 0 Å². The predicted octanol–water partition coefficient (Wildman–Crippen LogP) is 1.25. The van der Waals surface area contributed by atoms with Gasteiger partial charge in [-0.15, -0.1) is 0 Å². The van der Waals surface area contributed by atoms with E-state index in [4.69, 9.17) is 9.47 Å². The summed E-state index contributed by atoms with van der Waals surface area (Å²) in [6.45, 7) is 7.50. The zero-order chi connectivity index (χ0) is 9.84. The van der Waals surface area contributed by atoms with Crippen LogP contribution in [0.5, 0.6) is 0 Å². The molecule has 13 heavy (non-hydrogen) atoms. The molecule has 0 aromatic heterocycles. The highest BCUT2D eigenvalue weighted by molar-refractivity contribution is 5.68. The van der Waals surface area contributed by atoms with Crippen LogP contribution in [0.3, 0.4) is 0 Å². The minimum Gasteiger partial charge on any atom is -0.447 e. The normalized spacial score (nSPS) is 23.4. The maximum Gasteiger partial charge on any atom is 0.410 e. The molecule has 1 atom stereocenters. The fraction of sp³-hybridized carbons (Fsp3) is 0.889. The molecule has 1 fully saturated rings. The van der Waals surface area contributed by atoms with E-state index in [1.807, 2.05) is 20.8 Å². The SMILES string of the molecule is CC(C)OC(=O)N1CCOCC1C. The van der Waals surface area contributed by atoms with E-state index < -0.39 is 0 Å². The van der Waals surface area contributed by atoms with Crippen LogP contribution in [0.15, 0.2) is 0 Å². The summed E-state index contributed by atoms with van der Waals surface area (Å²) in [5.74, 6) is 0. The first-order chi connectivity index (χ1) is 6.11. The van der Waals surface area contributed by atoms with E-state index in [-0.39, 0.29) is 18.2 Å². The highest BCUT2D eigenvalue weighted by Crippen LogP contribution is 2.08. The largest absolute Gasteiger partial charge is 0.447 e. The van der Waals surface area contributed by atoms with Gasteiger partial charge in [0.25, 0.3) is 0 Å². The van der Waals surface area contributed by atoms with Crippen molar-refractivity contribution in [3.05, 3.63) is 0 Å². The molecule has 0 bridgehead atoms. The average Bonchev–Trinajstić information content (AvgIpc) is 2.03. The van der Waals surface area contributed by atoms with Gasteiger partial charge in [-0.25, -0.2) is 4.79 Å². The summed E-state index contributed by atoms with van der Waals surface area (Å²) < 4.78 is 10.3. The fourth-order valence-electron chi connectivity index (χ4n) is 1.27. The Hall–Kier alpha value is -0.770. The quantitative estimate of drug-likeness (QED) is 0.620. The van der Waals surface area contributed by atoms with Crippen molar-refractivity contribution in [1.82, 2.24) is 4.90 Å². The van der Waals surface area contributed by atoms with Gasteiger partial charge in [0.2, 0.25) is 0 Å². The van der Waals surface area contributed by atoms with Crippen LogP contribution < -0.4 is 0 Å². The number of hydrogen-bond acceptors (Lipinski definition) is 3. The van der Waals surface area contributed by atoms with Crippen LogP contribution in [-0.2, 0) is 9.47 Å². The third-order valence-corrected chi connectivity index (χ3v) is 1.94. The van der Waals surface area contributed by atoms with Crippen LogP contribution in [0.1, 0.15) is 20.8 Å². The number of nitrogens with zero attached hydrogens (tertiary/aromatic N) is 1. The van der Waals surface area contributed by atoms with Crippen molar-refractivity contribution in [3.63, 3.8) is 0 Å². The Morgan fingerprint density at radius 2 is 2.31 bits per heavy atom. The van der Waals surface area contributed by atoms with E-state index in [1.165, 1.54) is 0 Å². The molecule has 1 unspecified atom stereocenters. The van der Waals surface area contributed by atoms with Gasteiger partial charge in [0, 0.05) is 6.54 Å². The molecule has 1 aliphatic heterocycles. The summed E-state index contributed by atoms with van der Waals surface area (Å²) in [5, 5.41) is 0. The number of hydrogen-bond donors (Lipinski definition) is 0. The summed E-state index contributed by atoms with van der Waals surface area (Å²) in [6, 6.07) is 0.125. The Kier molecular flexibility index (Phi) is 3.54. The summed E-state index contributed by atoms with van der Waals surface area (Å²) in [6.07, 6.45) is -0.284. The Morgan fingerprint density at radius 1 is 1.62 bits per heavy atom. The molecule has 0 aliphatic carbocycles. The number of ether oxygens (including phenoxy) is 2. The summed E-state index contributed by atoms with van der Waals surface area (Å²) >= 11 is 0. The minimum atomic E-state index is -0.231. The molecule has 1 saturated heterocycles. The Labute approximate surface area is 78.8 Å². The van der Waals surface area contributed by atoms with Gasteiger partial charge >= 0.3 is 6.09 Å². The first-order valence-electron chi connectivity index (χ1n) is 4.66. The molecule has 1 amide bonds. The molecular weight excluding hydrogens is 170 g/mol. The topological polar surface area (TPSA) is 38.8 Å². The molecule has 0 N–H and O–H groups in total. The molecule has 76 valence electrons. The Balaban J connectivity index is 2.44. The minimum absolute atomic E-state index is 0.0532. The van der Waals surface area contributed by atoms with Gasteiger partial charge in [-0.2, -0.15) is 0 Å². The van der Waals surface area contributed by atoms with Crippen molar-refractivity contribution in [2.45, 2.75) is 32.9 Å². The molecule has 1 aliphatic rings. The molecular formula is C9H17NO3. The number of carbonyl (C=O) groups excluding carboxylic acids is 1. The second-order valence-corrected chi connectivity index (χ2v) is 3.55. The van der Waals surface area contributed by atoms with Crippen LogP contribution >= 0.6 is 0 Å². The first-order valence-corrected chi connectivity index (χ1v) is 4.66. The Bertz CT molecular complexity index is 182. The molecule has 4 heteroatoms.